The highest BCUT2D eigenvalue weighted by molar-refractivity contribution is 7.91. The minimum absolute atomic E-state index is 0.117. The predicted octanol–water partition coefficient (Wildman–Crippen LogP) is 3.26. The summed E-state index contributed by atoms with van der Waals surface area (Å²) in [5.74, 6) is -2.18. The van der Waals surface area contributed by atoms with Crippen LogP contribution in [-0.2, 0) is 42.9 Å². The number of amides is 1. The van der Waals surface area contributed by atoms with Crippen LogP contribution >= 0.6 is 11.3 Å². The first-order valence-corrected chi connectivity index (χ1v) is 13.0. The fourth-order valence-electron chi connectivity index (χ4n) is 3.29. The maximum atomic E-state index is 12.5. The standard InChI is InChI=1S/C23H26N2O5S2/c1-3-4-8-17-11-12-19-20(13-17)31-23(25(19)14-22(27)30-2)24-21(26)16-32(28,29)15-18-9-6-5-7-10-18/h5-7,9-13H,3-4,8,14-16H2,1-2H3. The predicted molar refractivity (Wildman–Crippen MR) is 125 cm³/mol. The molecule has 0 radical (unpaired) electrons. The van der Waals surface area contributed by atoms with Crippen LogP contribution in [0.2, 0.25) is 0 Å². The number of hydrogen-bond donors (Lipinski definition) is 0. The molecule has 0 aliphatic carbocycles. The molecule has 1 amide bonds. The van der Waals surface area contributed by atoms with Crippen molar-refractivity contribution < 1.29 is 22.7 Å². The van der Waals surface area contributed by atoms with Crippen molar-refractivity contribution in [1.29, 1.82) is 0 Å². The summed E-state index contributed by atoms with van der Waals surface area (Å²) >= 11 is 1.26. The Balaban J connectivity index is 1.92. The molecule has 0 N–H and O–H groups in total. The number of carbonyl (C=O) groups excluding carboxylic acids is 2. The molecule has 1 heterocycles. The number of nitrogens with zero attached hydrogens (tertiary/aromatic N) is 2. The summed E-state index contributed by atoms with van der Waals surface area (Å²) in [5, 5.41) is 0. The Morgan fingerprint density at radius 1 is 1.09 bits per heavy atom. The second-order valence-electron chi connectivity index (χ2n) is 7.48. The summed E-state index contributed by atoms with van der Waals surface area (Å²) in [6.07, 6.45) is 3.08. The van der Waals surface area contributed by atoms with E-state index in [9.17, 15) is 18.0 Å². The van der Waals surface area contributed by atoms with Gasteiger partial charge in [-0.3, -0.25) is 9.59 Å². The van der Waals surface area contributed by atoms with Gasteiger partial charge in [-0.2, -0.15) is 4.99 Å². The molecular weight excluding hydrogens is 448 g/mol. The number of benzene rings is 2. The van der Waals surface area contributed by atoms with Crippen LogP contribution in [0.15, 0.2) is 53.5 Å². The van der Waals surface area contributed by atoms with Gasteiger partial charge in [-0.25, -0.2) is 8.42 Å². The Hall–Kier alpha value is -2.78. The largest absolute Gasteiger partial charge is 0.468 e. The highest BCUT2D eigenvalue weighted by Crippen LogP contribution is 2.20. The van der Waals surface area contributed by atoms with Crippen LogP contribution in [0.5, 0.6) is 0 Å². The van der Waals surface area contributed by atoms with Crippen LogP contribution < -0.4 is 4.80 Å². The fourth-order valence-corrected chi connectivity index (χ4v) is 5.65. The molecule has 1 aromatic heterocycles. The average Bonchev–Trinajstić information content (AvgIpc) is 3.07. The van der Waals surface area contributed by atoms with Gasteiger partial charge in [0.1, 0.15) is 12.3 Å². The summed E-state index contributed by atoms with van der Waals surface area (Å²) in [7, 11) is -2.39. The van der Waals surface area contributed by atoms with Crippen molar-refractivity contribution in [1.82, 2.24) is 4.57 Å². The molecule has 7 nitrogen and oxygen atoms in total. The van der Waals surface area contributed by atoms with Gasteiger partial charge in [0, 0.05) is 0 Å². The maximum absolute atomic E-state index is 12.5. The lowest BCUT2D eigenvalue weighted by atomic mass is 10.1. The zero-order valence-corrected chi connectivity index (χ0v) is 19.7. The van der Waals surface area contributed by atoms with Gasteiger partial charge in [-0.05, 0) is 36.1 Å². The molecule has 2 aromatic carbocycles. The summed E-state index contributed by atoms with van der Waals surface area (Å²) in [4.78, 5) is 28.8. The van der Waals surface area contributed by atoms with Gasteiger partial charge >= 0.3 is 5.97 Å². The molecule has 9 heteroatoms. The van der Waals surface area contributed by atoms with Crippen LogP contribution in [0.1, 0.15) is 30.9 Å². The molecular formula is C23H26N2O5S2. The van der Waals surface area contributed by atoms with Gasteiger partial charge in [-0.15, -0.1) is 0 Å². The van der Waals surface area contributed by atoms with Gasteiger partial charge < -0.3 is 9.30 Å². The summed E-state index contributed by atoms with van der Waals surface area (Å²) in [6.45, 7) is 2.01. The number of rotatable bonds is 9. The second-order valence-corrected chi connectivity index (χ2v) is 10.5. The topological polar surface area (TPSA) is 94.8 Å². The minimum atomic E-state index is -3.68. The average molecular weight is 475 g/mol. The van der Waals surface area contributed by atoms with Crippen LogP contribution in [0, 0.1) is 0 Å². The quantitative estimate of drug-likeness (QED) is 0.444. The van der Waals surface area contributed by atoms with E-state index in [2.05, 4.69) is 11.9 Å². The summed E-state index contributed by atoms with van der Waals surface area (Å²) in [6, 6.07) is 14.6. The SMILES string of the molecule is CCCCc1ccc2c(c1)sc(=NC(=O)CS(=O)(=O)Cc1ccccc1)n2CC(=O)OC. The van der Waals surface area contributed by atoms with E-state index in [0.29, 0.717) is 5.56 Å². The van der Waals surface area contributed by atoms with Gasteiger partial charge in [0.2, 0.25) is 0 Å². The molecule has 32 heavy (non-hydrogen) atoms. The lowest BCUT2D eigenvalue weighted by Gasteiger charge is -2.05. The number of sulfone groups is 1. The number of carbonyl (C=O) groups is 2. The third-order valence-corrected chi connectivity index (χ3v) is 7.38. The van der Waals surface area contributed by atoms with Crippen molar-refractivity contribution in [2.45, 2.75) is 38.5 Å². The molecule has 0 aliphatic heterocycles. The van der Waals surface area contributed by atoms with Crippen molar-refractivity contribution in [3.8, 4) is 0 Å². The van der Waals surface area contributed by atoms with Crippen molar-refractivity contribution in [2.75, 3.05) is 12.9 Å². The maximum Gasteiger partial charge on any atom is 0.325 e. The van der Waals surface area contributed by atoms with Crippen molar-refractivity contribution in [3.63, 3.8) is 0 Å². The Labute approximate surface area is 191 Å². The van der Waals surface area contributed by atoms with E-state index in [0.717, 1.165) is 35.0 Å². The van der Waals surface area contributed by atoms with E-state index in [4.69, 9.17) is 4.74 Å². The Morgan fingerprint density at radius 2 is 1.84 bits per heavy atom. The van der Waals surface area contributed by atoms with Gasteiger partial charge in [0.15, 0.2) is 14.6 Å². The first kappa shape index (κ1) is 23.9. The van der Waals surface area contributed by atoms with Crippen molar-refractivity contribution in [2.24, 2.45) is 4.99 Å². The smallest absolute Gasteiger partial charge is 0.325 e. The first-order valence-electron chi connectivity index (χ1n) is 10.3. The fraction of sp³-hybridized carbons (Fsp3) is 0.348. The number of unbranched alkanes of at least 4 members (excludes halogenated alkanes) is 1. The van der Waals surface area contributed by atoms with Crippen LogP contribution in [-0.4, -0.2) is 37.7 Å². The minimum Gasteiger partial charge on any atom is -0.468 e. The molecule has 0 saturated heterocycles. The van der Waals surface area contributed by atoms with Crippen LogP contribution in [0.3, 0.4) is 0 Å². The van der Waals surface area contributed by atoms with Crippen molar-refractivity contribution in [3.05, 3.63) is 64.5 Å². The highest BCUT2D eigenvalue weighted by atomic mass is 32.2. The number of aryl methyl sites for hydroxylation is 1. The van der Waals surface area contributed by atoms with E-state index in [1.807, 2.05) is 18.2 Å². The van der Waals surface area contributed by atoms with E-state index >= 15 is 0 Å². The molecule has 0 fully saturated rings. The van der Waals surface area contributed by atoms with Gasteiger partial charge in [0.25, 0.3) is 5.91 Å². The second kappa shape index (κ2) is 10.7. The van der Waals surface area contributed by atoms with E-state index in [1.54, 1.807) is 34.9 Å². The lowest BCUT2D eigenvalue weighted by molar-refractivity contribution is -0.141. The third kappa shape index (κ3) is 6.37. The number of hydrogen-bond acceptors (Lipinski definition) is 6. The molecule has 0 saturated carbocycles. The number of thiazole rings is 1. The Bertz CT molecular complexity index is 1270. The van der Waals surface area contributed by atoms with Crippen molar-refractivity contribution >= 4 is 43.3 Å². The summed E-state index contributed by atoms with van der Waals surface area (Å²) < 4.78 is 32.2. The van der Waals surface area contributed by atoms with E-state index in [1.165, 1.54) is 18.4 Å². The number of esters is 1. The van der Waals surface area contributed by atoms with Crippen LogP contribution in [0.4, 0.5) is 0 Å². The highest BCUT2D eigenvalue weighted by Gasteiger charge is 2.18. The normalized spacial score (nSPS) is 12.2. The molecule has 3 aromatic rings. The number of methoxy groups -OCH3 is 1. The van der Waals surface area contributed by atoms with Gasteiger partial charge in [-0.1, -0.05) is 61.1 Å². The third-order valence-electron chi connectivity index (χ3n) is 4.87. The molecule has 3 rings (SSSR count). The number of aromatic nitrogens is 1. The summed E-state index contributed by atoms with van der Waals surface area (Å²) in [5.41, 5.74) is 2.52. The number of ether oxygens (including phenoxy) is 1. The Kier molecular flexibility index (Phi) is 7.98. The number of fused-ring (bicyclic) bond motifs is 1. The molecule has 170 valence electrons. The zero-order chi connectivity index (χ0) is 23.1. The first-order chi connectivity index (χ1) is 15.3. The molecule has 0 unspecified atom stereocenters. The molecule has 0 spiro atoms. The van der Waals surface area contributed by atoms with E-state index < -0.39 is 27.5 Å². The van der Waals surface area contributed by atoms with E-state index in [-0.39, 0.29) is 17.1 Å². The zero-order valence-electron chi connectivity index (χ0n) is 18.1. The van der Waals surface area contributed by atoms with Gasteiger partial charge in [0.05, 0.1) is 23.1 Å². The van der Waals surface area contributed by atoms with Crippen LogP contribution in [0.25, 0.3) is 10.2 Å². The lowest BCUT2D eigenvalue weighted by Crippen LogP contribution is -2.24. The monoisotopic (exact) mass is 474 g/mol. The Morgan fingerprint density at radius 3 is 2.53 bits per heavy atom. The molecule has 0 aliphatic rings. The molecule has 0 bridgehead atoms. The molecule has 0 atom stereocenters.